The highest BCUT2D eigenvalue weighted by molar-refractivity contribution is 5.96. The second kappa shape index (κ2) is 5.62. The van der Waals surface area contributed by atoms with E-state index in [-0.39, 0.29) is 17.2 Å². The number of hydrazine groups is 1. The third-order valence-corrected chi connectivity index (χ3v) is 3.56. The standard InChI is InChI=1S/C12H17N7O2/c1-17(18-4-2-3-5-18)8-15-10(20)9-6-13-12-14-7-16-19(12)11(9)21/h6-7,21H,2-5,8H2,1H3,(H,15,20). The van der Waals surface area contributed by atoms with E-state index < -0.39 is 5.91 Å². The van der Waals surface area contributed by atoms with Crippen molar-refractivity contribution in [2.75, 3.05) is 26.8 Å². The molecule has 21 heavy (non-hydrogen) atoms. The molecule has 9 nitrogen and oxygen atoms in total. The van der Waals surface area contributed by atoms with Gasteiger partial charge in [0.05, 0.1) is 6.67 Å². The van der Waals surface area contributed by atoms with Crippen LogP contribution in [0.1, 0.15) is 23.2 Å². The van der Waals surface area contributed by atoms with Crippen molar-refractivity contribution < 1.29 is 9.90 Å². The monoisotopic (exact) mass is 291 g/mol. The molecule has 0 unspecified atom stereocenters. The van der Waals surface area contributed by atoms with Crippen LogP contribution in [0, 0.1) is 0 Å². The molecule has 1 aliphatic heterocycles. The fourth-order valence-electron chi connectivity index (χ4n) is 2.35. The summed E-state index contributed by atoms with van der Waals surface area (Å²) in [6, 6.07) is 0. The van der Waals surface area contributed by atoms with Crippen LogP contribution in [0.25, 0.3) is 5.78 Å². The number of aromatic hydroxyl groups is 1. The molecular formula is C12H17N7O2. The predicted molar refractivity (Wildman–Crippen MR) is 73.4 cm³/mol. The van der Waals surface area contributed by atoms with E-state index >= 15 is 0 Å². The lowest BCUT2D eigenvalue weighted by Gasteiger charge is -2.27. The van der Waals surface area contributed by atoms with Crippen LogP contribution in [-0.4, -0.2) is 67.4 Å². The normalized spacial score (nSPS) is 15.9. The van der Waals surface area contributed by atoms with Gasteiger partial charge < -0.3 is 10.4 Å². The zero-order valence-corrected chi connectivity index (χ0v) is 11.7. The Balaban J connectivity index is 1.67. The number of carbonyl (C=O) groups is 1. The van der Waals surface area contributed by atoms with E-state index in [1.54, 1.807) is 0 Å². The van der Waals surface area contributed by atoms with Crippen LogP contribution in [0.2, 0.25) is 0 Å². The van der Waals surface area contributed by atoms with Gasteiger partial charge in [0.1, 0.15) is 11.9 Å². The third-order valence-electron chi connectivity index (χ3n) is 3.56. The van der Waals surface area contributed by atoms with Gasteiger partial charge in [0.25, 0.3) is 11.7 Å². The molecule has 0 aromatic carbocycles. The van der Waals surface area contributed by atoms with Crippen molar-refractivity contribution in [3.8, 4) is 5.88 Å². The maximum atomic E-state index is 12.1. The van der Waals surface area contributed by atoms with Gasteiger partial charge in [-0.25, -0.2) is 15.0 Å². The van der Waals surface area contributed by atoms with Crippen LogP contribution in [0.4, 0.5) is 0 Å². The van der Waals surface area contributed by atoms with Gasteiger partial charge in [-0.15, -0.1) is 0 Å². The van der Waals surface area contributed by atoms with E-state index in [4.69, 9.17) is 0 Å². The Morgan fingerprint density at radius 1 is 1.43 bits per heavy atom. The van der Waals surface area contributed by atoms with Crippen molar-refractivity contribution >= 4 is 11.7 Å². The summed E-state index contributed by atoms with van der Waals surface area (Å²) >= 11 is 0. The molecule has 0 radical (unpaired) electrons. The van der Waals surface area contributed by atoms with Gasteiger partial charge in [0.2, 0.25) is 5.88 Å². The molecule has 1 fully saturated rings. The second-order valence-corrected chi connectivity index (χ2v) is 4.95. The maximum Gasteiger partial charge on any atom is 0.259 e. The first-order chi connectivity index (χ1) is 10.2. The molecular weight excluding hydrogens is 274 g/mol. The van der Waals surface area contributed by atoms with Crippen LogP contribution < -0.4 is 5.32 Å². The first-order valence-corrected chi connectivity index (χ1v) is 6.78. The van der Waals surface area contributed by atoms with Crippen molar-refractivity contribution in [2.45, 2.75) is 12.8 Å². The lowest BCUT2D eigenvalue weighted by atomic mass is 10.3. The minimum atomic E-state index is -0.400. The van der Waals surface area contributed by atoms with Crippen molar-refractivity contribution in [1.29, 1.82) is 0 Å². The Bertz CT molecular complexity index is 650. The predicted octanol–water partition coefficient (Wildman–Crippen LogP) is -0.540. The number of nitrogens with zero attached hydrogens (tertiary/aromatic N) is 6. The summed E-state index contributed by atoms with van der Waals surface area (Å²) in [5.41, 5.74) is 0.0721. The van der Waals surface area contributed by atoms with Crippen molar-refractivity contribution in [2.24, 2.45) is 0 Å². The van der Waals surface area contributed by atoms with E-state index in [0.29, 0.717) is 6.67 Å². The Morgan fingerprint density at radius 3 is 2.95 bits per heavy atom. The summed E-state index contributed by atoms with van der Waals surface area (Å²) in [6.45, 7) is 2.38. The highest BCUT2D eigenvalue weighted by Gasteiger charge is 2.19. The molecule has 3 heterocycles. The molecule has 3 rings (SSSR count). The molecule has 1 amide bonds. The smallest absolute Gasteiger partial charge is 0.259 e. The topological polar surface area (TPSA) is 98.9 Å². The van der Waals surface area contributed by atoms with Gasteiger partial charge in [-0.3, -0.25) is 4.79 Å². The van der Waals surface area contributed by atoms with Crippen LogP contribution in [0.15, 0.2) is 12.5 Å². The summed E-state index contributed by atoms with van der Waals surface area (Å²) in [5, 5.41) is 20.7. The third kappa shape index (κ3) is 2.65. The maximum absolute atomic E-state index is 12.1. The van der Waals surface area contributed by atoms with E-state index in [0.717, 1.165) is 17.6 Å². The molecule has 112 valence electrons. The van der Waals surface area contributed by atoms with Gasteiger partial charge in [-0.2, -0.15) is 14.6 Å². The molecule has 0 spiro atoms. The van der Waals surface area contributed by atoms with E-state index in [1.165, 1.54) is 25.4 Å². The Hall–Kier alpha value is -2.26. The van der Waals surface area contributed by atoms with Gasteiger partial charge in [0.15, 0.2) is 0 Å². The van der Waals surface area contributed by atoms with Crippen molar-refractivity contribution in [1.82, 2.24) is 34.9 Å². The zero-order chi connectivity index (χ0) is 14.8. The summed E-state index contributed by atoms with van der Waals surface area (Å²) in [5.74, 6) is -0.416. The van der Waals surface area contributed by atoms with Crippen LogP contribution in [-0.2, 0) is 0 Å². The molecule has 2 N–H and O–H groups in total. The van der Waals surface area contributed by atoms with Crippen LogP contribution in [0.3, 0.4) is 0 Å². The number of hydrogen-bond donors (Lipinski definition) is 2. The average Bonchev–Trinajstić information content (AvgIpc) is 3.15. The molecule has 9 heteroatoms. The lowest BCUT2D eigenvalue weighted by Crippen LogP contribution is -2.44. The van der Waals surface area contributed by atoms with Crippen molar-refractivity contribution in [3.63, 3.8) is 0 Å². The molecule has 0 bridgehead atoms. The minimum absolute atomic E-state index is 0.0721. The van der Waals surface area contributed by atoms with Gasteiger partial charge >= 0.3 is 0 Å². The van der Waals surface area contributed by atoms with E-state index in [2.05, 4.69) is 25.4 Å². The van der Waals surface area contributed by atoms with E-state index in [9.17, 15) is 9.90 Å². The van der Waals surface area contributed by atoms with E-state index in [1.807, 2.05) is 12.1 Å². The number of amides is 1. The van der Waals surface area contributed by atoms with Gasteiger partial charge in [0, 0.05) is 26.3 Å². The SMILES string of the molecule is CN(CNC(=O)c1cnc2ncnn2c1O)N1CCCC1. The molecule has 1 aliphatic rings. The molecule has 0 atom stereocenters. The zero-order valence-electron chi connectivity index (χ0n) is 11.7. The van der Waals surface area contributed by atoms with Gasteiger partial charge in [-0.1, -0.05) is 0 Å². The minimum Gasteiger partial charge on any atom is -0.493 e. The van der Waals surface area contributed by atoms with Crippen molar-refractivity contribution in [3.05, 3.63) is 18.1 Å². The molecule has 1 saturated heterocycles. The average molecular weight is 291 g/mol. The fourth-order valence-corrected chi connectivity index (χ4v) is 2.35. The number of carbonyl (C=O) groups excluding carboxylic acids is 1. The summed E-state index contributed by atoms with van der Waals surface area (Å²) in [4.78, 5) is 19.9. The Morgan fingerprint density at radius 2 is 2.19 bits per heavy atom. The number of fused-ring (bicyclic) bond motifs is 1. The lowest BCUT2D eigenvalue weighted by molar-refractivity contribution is 0.0168. The van der Waals surface area contributed by atoms with Gasteiger partial charge in [-0.05, 0) is 12.8 Å². The highest BCUT2D eigenvalue weighted by Crippen LogP contribution is 2.15. The van der Waals surface area contributed by atoms with Crippen LogP contribution in [0.5, 0.6) is 5.88 Å². The van der Waals surface area contributed by atoms with Crippen LogP contribution >= 0.6 is 0 Å². The Kier molecular flexibility index (Phi) is 3.67. The fraction of sp³-hybridized carbons (Fsp3) is 0.500. The Labute approximate surface area is 121 Å². The first kappa shape index (κ1) is 13.7. The number of rotatable bonds is 4. The summed E-state index contributed by atoms with van der Waals surface area (Å²) in [6.07, 6.45) is 4.91. The first-order valence-electron chi connectivity index (χ1n) is 6.78. The largest absolute Gasteiger partial charge is 0.493 e. The summed E-state index contributed by atoms with van der Waals surface area (Å²) in [7, 11) is 1.92. The molecule has 2 aromatic rings. The highest BCUT2D eigenvalue weighted by atomic mass is 16.3. The second-order valence-electron chi connectivity index (χ2n) is 4.95. The molecule has 2 aromatic heterocycles. The molecule has 0 saturated carbocycles. The number of nitrogens with one attached hydrogen (secondary N) is 1. The quantitative estimate of drug-likeness (QED) is 0.730. The number of aromatic nitrogens is 4. The molecule has 0 aliphatic carbocycles. The summed E-state index contributed by atoms with van der Waals surface area (Å²) < 4.78 is 1.12. The number of hydrogen-bond acceptors (Lipinski definition) is 7.